The van der Waals surface area contributed by atoms with Crippen LogP contribution in [0.15, 0.2) is 24.3 Å². The van der Waals surface area contributed by atoms with Gasteiger partial charge in [-0.15, -0.1) is 5.10 Å². The lowest BCUT2D eigenvalue weighted by Crippen LogP contribution is -2.09. The minimum Gasteiger partial charge on any atom is -0.461 e. The first-order chi connectivity index (χ1) is 8.63. The molecule has 0 saturated carbocycles. The Balaban J connectivity index is 2.39. The molecule has 6 nitrogen and oxygen atoms in total. The van der Waals surface area contributed by atoms with E-state index in [1.54, 1.807) is 13.0 Å². The first-order valence-electron chi connectivity index (χ1n) is 5.27. The number of hydrogen-bond donors (Lipinski definition) is 1. The lowest BCUT2D eigenvalue weighted by atomic mass is 10.3. The fraction of sp³-hybridized carbons (Fsp3) is 0.182. The molecular weight excluding hydrogens is 239 g/mol. The Morgan fingerprint density at radius 2 is 2.33 bits per heavy atom. The average Bonchev–Trinajstić information content (AvgIpc) is 2.71. The molecule has 0 spiro atoms. The number of anilines is 1. The maximum Gasteiger partial charge on any atom is 0.362 e. The van der Waals surface area contributed by atoms with Gasteiger partial charge in [0.05, 0.1) is 12.3 Å². The van der Waals surface area contributed by atoms with Crippen LogP contribution in [0.5, 0.6) is 0 Å². The quantitative estimate of drug-likeness (QED) is 0.826. The summed E-state index contributed by atoms with van der Waals surface area (Å²) in [4.78, 5) is 11.5. The third-order valence-corrected chi connectivity index (χ3v) is 2.23. The van der Waals surface area contributed by atoms with E-state index in [2.05, 4.69) is 10.3 Å². The molecule has 0 aliphatic rings. The number of rotatable bonds is 3. The Kier molecular flexibility index (Phi) is 3.22. The van der Waals surface area contributed by atoms with Crippen molar-refractivity contribution in [3.63, 3.8) is 0 Å². The number of esters is 1. The van der Waals surface area contributed by atoms with E-state index < -0.39 is 11.8 Å². The predicted octanol–water partition coefficient (Wildman–Crippen LogP) is 1.17. The number of aromatic nitrogens is 3. The van der Waals surface area contributed by atoms with Crippen molar-refractivity contribution in [1.82, 2.24) is 15.0 Å². The summed E-state index contributed by atoms with van der Waals surface area (Å²) in [7, 11) is 0. The molecule has 94 valence electrons. The fourth-order valence-electron chi connectivity index (χ4n) is 1.43. The summed E-state index contributed by atoms with van der Waals surface area (Å²) >= 11 is 0. The average molecular weight is 250 g/mol. The zero-order chi connectivity index (χ0) is 13.1. The molecule has 0 fully saturated rings. The Morgan fingerprint density at radius 1 is 1.56 bits per heavy atom. The third kappa shape index (κ3) is 2.15. The van der Waals surface area contributed by atoms with Crippen LogP contribution in [-0.4, -0.2) is 27.6 Å². The Labute approximate surface area is 102 Å². The van der Waals surface area contributed by atoms with Crippen molar-refractivity contribution in [3.05, 3.63) is 35.8 Å². The van der Waals surface area contributed by atoms with Crippen LogP contribution in [0.1, 0.15) is 17.4 Å². The van der Waals surface area contributed by atoms with Crippen LogP contribution in [0.3, 0.4) is 0 Å². The Bertz CT molecular complexity index is 582. The zero-order valence-electron chi connectivity index (χ0n) is 9.63. The number of nitrogens with zero attached hydrogens (tertiary/aromatic N) is 3. The lowest BCUT2D eigenvalue weighted by molar-refractivity contribution is 0.0520. The van der Waals surface area contributed by atoms with Crippen molar-refractivity contribution in [2.24, 2.45) is 0 Å². The van der Waals surface area contributed by atoms with Gasteiger partial charge in [-0.1, -0.05) is 11.3 Å². The van der Waals surface area contributed by atoms with E-state index in [9.17, 15) is 9.18 Å². The number of benzene rings is 1. The van der Waals surface area contributed by atoms with Gasteiger partial charge >= 0.3 is 5.97 Å². The zero-order valence-corrected chi connectivity index (χ0v) is 9.63. The molecule has 0 bridgehead atoms. The van der Waals surface area contributed by atoms with Crippen LogP contribution in [-0.2, 0) is 4.74 Å². The highest BCUT2D eigenvalue weighted by molar-refractivity contribution is 5.92. The maximum absolute atomic E-state index is 13.1. The van der Waals surface area contributed by atoms with Gasteiger partial charge in [-0.3, -0.25) is 0 Å². The van der Waals surface area contributed by atoms with Gasteiger partial charge in [-0.25, -0.2) is 9.18 Å². The van der Waals surface area contributed by atoms with Crippen molar-refractivity contribution in [3.8, 4) is 5.69 Å². The van der Waals surface area contributed by atoms with Crippen LogP contribution >= 0.6 is 0 Å². The number of halogens is 1. The van der Waals surface area contributed by atoms with Gasteiger partial charge in [0.15, 0.2) is 5.82 Å². The summed E-state index contributed by atoms with van der Waals surface area (Å²) in [5, 5.41) is 7.34. The number of nitrogen functional groups attached to an aromatic ring is 1. The van der Waals surface area contributed by atoms with Crippen LogP contribution in [0, 0.1) is 5.82 Å². The molecular formula is C11H11FN4O2. The molecule has 18 heavy (non-hydrogen) atoms. The summed E-state index contributed by atoms with van der Waals surface area (Å²) in [6.45, 7) is 1.89. The highest BCUT2D eigenvalue weighted by atomic mass is 19.1. The van der Waals surface area contributed by atoms with E-state index in [1.807, 2.05) is 0 Å². The molecule has 1 heterocycles. The van der Waals surface area contributed by atoms with Gasteiger partial charge in [-0.2, -0.15) is 4.68 Å². The molecule has 0 amide bonds. The summed E-state index contributed by atoms with van der Waals surface area (Å²) in [5.41, 5.74) is 6.03. The number of hydrogen-bond acceptors (Lipinski definition) is 5. The summed E-state index contributed by atoms with van der Waals surface area (Å²) in [5.74, 6) is -1.07. The normalized spacial score (nSPS) is 10.3. The highest BCUT2D eigenvalue weighted by Crippen LogP contribution is 2.16. The van der Waals surface area contributed by atoms with Crippen molar-refractivity contribution in [2.75, 3.05) is 12.3 Å². The minimum absolute atomic E-state index is 0.0130. The van der Waals surface area contributed by atoms with E-state index in [1.165, 1.54) is 22.9 Å². The number of nitrogens with two attached hydrogens (primary N) is 1. The van der Waals surface area contributed by atoms with Crippen LogP contribution in [0.25, 0.3) is 5.69 Å². The second kappa shape index (κ2) is 4.82. The first-order valence-corrected chi connectivity index (χ1v) is 5.27. The van der Waals surface area contributed by atoms with Crippen molar-refractivity contribution in [1.29, 1.82) is 0 Å². The predicted molar refractivity (Wildman–Crippen MR) is 61.7 cm³/mol. The number of carbonyl (C=O) groups excluding carboxylic acids is 1. The molecule has 1 aromatic heterocycles. The van der Waals surface area contributed by atoms with Crippen molar-refractivity contribution in [2.45, 2.75) is 6.92 Å². The van der Waals surface area contributed by atoms with Gasteiger partial charge in [0, 0.05) is 0 Å². The minimum atomic E-state index is -0.655. The molecule has 0 saturated heterocycles. The molecule has 0 aliphatic heterocycles. The number of carbonyl (C=O) groups is 1. The second-order valence-electron chi connectivity index (χ2n) is 3.44. The molecule has 0 unspecified atom stereocenters. The monoisotopic (exact) mass is 250 g/mol. The second-order valence-corrected chi connectivity index (χ2v) is 3.44. The molecule has 0 atom stereocenters. The standard InChI is InChI=1S/C11H11FN4O2/c1-2-18-11(17)9-10(13)16(15-14-9)8-5-3-4-7(12)6-8/h3-6H,2,13H2,1H3. The highest BCUT2D eigenvalue weighted by Gasteiger charge is 2.19. The molecule has 0 aliphatic carbocycles. The molecule has 2 rings (SSSR count). The lowest BCUT2D eigenvalue weighted by Gasteiger charge is -2.03. The Hall–Kier alpha value is -2.44. The Morgan fingerprint density at radius 3 is 3.00 bits per heavy atom. The summed E-state index contributed by atoms with van der Waals surface area (Å²) in [6.07, 6.45) is 0. The third-order valence-electron chi connectivity index (χ3n) is 2.23. The molecule has 2 aromatic rings. The van der Waals surface area contributed by atoms with Gasteiger partial charge in [-0.05, 0) is 25.1 Å². The number of ether oxygens (including phenoxy) is 1. The van der Waals surface area contributed by atoms with E-state index >= 15 is 0 Å². The maximum atomic E-state index is 13.1. The van der Waals surface area contributed by atoms with Crippen molar-refractivity contribution < 1.29 is 13.9 Å². The SMILES string of the molecule is CCOC(=O)c1nnn(-c2cccc(F)c2)c1N. The molecule has 2 N–H and O–H groups in total. The summed E-state index contributed by atoms with van der Waals surface area (Å²) < 4.78 is 19.0. The van der Waals surface area contributed by atoms with Crippen LogP contribution < -0.4 is 5.73 Å². The van der Waals surface area contributed by atoms with E-state index in [-0.39, 0.29) is 18.1 Å². The largest absolute Gasteiger partial charge is 0.461 e. The van der Waals surface area contributed by atoms with Gasteiger partial charge in [0.1, 0.15) is 5.82 Å². The molecule has 1 aromatic carbocycles. The smallest absolute Gasteiger partial charge is 0.362 e. The first kappa shape index (κ1) is 12.0. The molecule has 0 radical (unpaired) electrons. The van der Waals surface area contributed by atoms with Crippen molar-refractivity contribution >= 4 is 11.8 Å². The van der Waals surface area contributed by atoms with E-state index in [0.717, 1.165) is 0 Å². The van der Waals surface area contributed by atoms with E-state index in [0.29, 0.717) is 5.69 Å². The molecule has 7 heteroatoms. The van der Waals surface area contributed by atoms with Crippen LogP contribution in [0.2, 0.25) is 0 Å². The van der Waals surface area contributed by atoms with Gasteiger partial charge in [0.2, 0.25) is 5.69 Å². The van der Waals surface area contributed by atoms with Gasteiger partial charge < -0.3 is 10.5 Å². The topological polar surface area (TPSA) is 83.0 Å². The van der Waals surface area contributed by atoms with E-state index in [4.69, 9.17) is 10.5 Å². The summed E-state index contributed by atoms with van der Waals surface area (Å²) in [6, 6.07) is 5.64. The fourth-order valence-corrected chi connectivity index (χ4v) is 1.43. The van der Waals surface area contributed by atoms with Gasteiger partial charge in [0.25, 0.3) is 0 Å². The van der Waals surface area contributed by atoms with Crippen LogP contribution in [0.4, 0.5) is 10.2 Å².